The highest BCUT2D eigenvalue weighted by molar-refractivity contribution is 5.72. The number of hydrogen-bond donors (Lipinski definition) is 0. The van der Waals surface area contributed by atoms with Crippen molar-refractivity contribution in [1.82, 2.24) is 28.5 Å². The van der Waals surface area contributed by atoms with Gasteiger partial charge in [0, 0.05) is 25.4 Å². The first kappa shape index (κ1) is 18.9. The van der Waals surface area contributed by atoms with Crippen LogP contribution >= 0.6 is 0 Å². The van der Waals surface area contributed by atoms with Crippen LogP contribution in [0.4, 0.5) is 4.39 Å². The standard InChI is InChI=1S/C20H21FN6O2/c1-11-12(2)23-27(13(11)3)19-22-17-16(24(19)4)18(28)26(20(29)25(17)5)10-14-8-6-7-9-15(14)21/h6-9H,10H2,1-5H3. The predicted octanol–water partition coefficient (Wildman–Crippen LogP) is 1.73. The maximum Gasteiger partial charge on any atom is 0.332 e. The minimum atomic E-state index is -0.556. The Labute approximate surface area is 165 Å². The van der Waals surface area contributed by atoms with E-state index in [-0.39, 0.29) is 23.3 Å². The molecule has 0 saturated heterocycles. The number of rotatable bonds is 3. The number of hydrogen-bond acceptors (Lipinski definition) is 4. The topological polar surface area (TPSA) is 79.6 Å². The zero-order chi connectivity index (χ0) is 21.0. The second-order valence-corrected chi connectivity index (χ2v) is 7.17. The van der Waals surface area contributed by atoms with Crippen molar-refractivity contribution in [3.05, 3.63) is 73.4 Å². The molecule has 4 rings (SSSR count). The molecule has 0 bridgehead atoms. The van der Waals surface area contributed by atoms with Gasteiger partial charge in [-0.1, -0.05) is 18.2 Å². The second-order valence-electron chi connectivity index (χ2n) is 7.17. The fraction of sp³-hybridized carbons (Fsp3) is 0.300. The lowest BCUT2D eigenvalue weighted by atomic mass is 10.2. The number of benzene rings is 1. The largest absolute Gasteiger partial charge is 0.332 e. The number of aromatic nitrogens is 6. The zero-order valence-electron chi connectivity index (χ0n) is 16.9. The van der Waals surface area contributed by atoms with Crippen molar-refractivity contribution in [2.24, 2.45) is 14.1 Å². The lowest BCUT2D eigenvalue weighted by molar-refractivity contribution is 0.582. The molecular formula is C20H21FN6O2. The van der Waals surface area contributed by atoms with Gasteiger partial charge in [0.1, 0.15) is 5.82 Å². The normalized spacial score (nSPS) is 11.5. The van der Waals surface area contributed by atoms with Crippen LogP contribution in [-0.4, -0.2) is 28.5 Å². The van der Waals surface area contributed by atoms with Crippen LogP contribution in [0.5, 0.6) is 0 Å². The van der Waals surface area contributed by atoms with E-state index in [0.717, 1.165) is 21.5 Å². The van der Waals surface area contributed by atoms with E-state index in [1.807, 2.05) is 20.8 Å². The molecule has 0 atom stereocenters. The number of fused-ring (bicyclic) bond motifs is 1. The summed E-state index contributed by atoms with van der Waals surface area (Å²) in [5.74, 6) is -0.0326. The van der Waals surface area contributed by atoms with Crippen molar-refractivity contribution in [3.63, 3.8) is 0 Å². The predicted molar refractivity (Wildman–Crippen MR) is 107 cm³/mol. The Morgan fingerprint density at radius 3 is 2.34 bits per heavy atom. The molecule has 0 unspecified atom stereocenters. The number of halogens is 1. The Bertz CT molecular complexity index is 1390. The minimum Gasteiger partial charge on any atom is -0.306 e. The summed E-state index contributed by atoms with van der Waals surface area (Å²) in [6, 6.07) is 6.09. The fourth-order valence-corrected chi connectivity index (χ4v) is 3.47. The maximum absolute atomic E-state index is 14.1. The molecular weight excluding hydrogens is 375 g/mol. The Hall–Kier alpha value is -3.49. The monoisotopic (exact) mass is 396 g/mol. The summed E-state index contributed by atoms with van der Waals surface area (Å²) in [5.41, 5.74) is 2.49. The van der Waals surface area contributed by atoms with Crippen molar-refractivity contribution in [3.8, 4) is 5.95 Å². The smallest absolute Gasteiger partial charge is 0.306 e. The van der Waals surface area contributed by atoms with E-state index in [4.69, 9.17) is 0 Å². The molecule has 3 heterocycles. The molecule has 3 aromatic heterocycles. The van der Waals surface area contributed by atoms with Crippen LogP contribution in [0.1, 0.15) is 22.5 Å². The molecule has 0 spiro atoms. The summed E-state index contributed by atoms with van der Waals surface area (Å²) in [7, 11) is 3.25. The van der Waals surface area contributed by atoms with Gasteiger partial charge in [-0.05, 0) is 32.4 Å². The highest BCUT2D eigenvalue weighted by Gasteiger charge is 2.22. The van der Waals surface area contributed by atoms with Crippen LogP contribution in [0, 0.1) is 26.6 Å². The Morgan fingerprint density at radius 1 is 1.03 bits per heavy atom. The van der Waals surface area contributed by atoms with Gasteiger partial charge in [-0.3, -0.25) is 13.9 Å². The van der Waals surface area contributed by atoms with Gasteiger partial charge < -0.3 is 4.57 Å². The van der Waals surface area contributed by atoms with Gasteiger partial charge in [-0.15, -0.1) is 0 Å². The van der Waals surface area contributed by atoms with Crippen molar-refractivity contribution in [1.29, 1.82) is 0 Å². The highest BCUT2D eigenvalue weighted by Crippen LogP contribution is 2.18. The molecule has 0 radical (unpaired) electrons. The Kier molecular flexibility index (Phi) is 4.25. The first-order valence-electron chi connectivity index (χ1n) is 9.15. The van der Waals surface area contributed by atoms with Crippen LogP contribution < -0.4 is 11.2 Å². The lowest BCUT2D eigenvalue weighted by Crippen LogP contribution is -2.40. The molecule has 0 aliphatic rings. The van der Waals surface area contributed by atoms with Crippen LogP contribution in [0.2, 0.25) is 0 Å². The first-order valence-corrected chi connectivity index (χ1v) is 9.15. The number of imidazole rings is 1. The van der Waals surface area contributed by atoms with Gasteiger partial charge in [0.2, 0.25) is 5.95 Å². The SMILES string of the molecule is Cc1nn(-c2nc3c(c(=O)n(Cc4ccccc4F)c(=O)n3C)n2C)c(C)c1C. The third-order valence-corrected chi connectivity index (χ3v) is 5.47. The summed E-state index contributed by atoms with van der Waals surface area (Å²) in [6.07, 6.45) is 0. The minimum absolute atomic E-state index is 0.159. The van der Waals surface area contributed by atoms with E-state index < -0.39 is 17.1 Å². The van der Waals surface area contributed by atoms with E-state index >= 15 is 0 Å². The molecule has 0 N–H and O–H groups in total. The molecule has 29 heavy (non-hydrogen) atoms. The molecule has 8 nitrogen and oxygen atoms in total. The Balaban J connectivity index is 1.99. The van der Waals surface area contributed by atoms with Crippen molar-refractivity contribution in [2.75, 3.05) is 0 Å². The van der Waals surface area contributed by atoms with Crippen LogP contribution in [-0.2, 0) is 20.6 Å². The molecule has 0 aliphatic heterocycles. The van der Waals surface area contributed by atoms with E-state index in [1.54, 1.807) is 41.5 Å². The quantitative estimate of drug-likeness (QED) is 0.528. The molecule has 0 saturated carbocycles. The van der Waals surface area contributed by atoms with E-state index in [1.165, 1.54) is 10.6 Å². The summed E-state index contributed by atoms with van der Waals surface area (Å²) < 4.78 is 19.7. The highest BCUT2D eigenvalue weighted by atomic mass is 19.1. The zero-order valence-corrected chi connectivity index (χ0v) is 16.9. The third kappa shape index (κ3) is 2.72. The summed E-state index contributed by atoms with van der Waals surface area (Å²) in [5, 5.41) is 4.51. The fourth-order valence-electron chi connectivity index (χ4n) is 3.47. The van der Waals surface area contributed by atoms with E-state index in [2.05, 4.69) is 10.1 Å². The van der Waals surface area contributed by atoms with Gasteiger partial charge in [0.15, 0.2) is 11.2 Å². The average molecular weight is 396 g/mol. The summed E-state index contributed by atoms with van der Waals surface area (Å²) >= 11 is 0. The van der Waals surface area contributed by atoms with Gasteiger partial charge in [0.05, 0.1) is 12.2 Å². The van der Waals surface area contributed by atoms with Crippen molar-refractivity contribution >= 4 is 11.2 Å². The van der Waals surface area contributed by atoms with Crippen LogP contribution in [0.3, 0.4) is 0 Å². The van der Waals surface area contributed by atoms with Gasteiger partial charge >= 0.3 is 5.69 Å². The molecule has 150 valence electrons. The average Bonchev–Trinajstić information content (AvgIpc) is 3.16. The third-order valence-electron chi connectivity index (χ3n) is 5.47. The van der Waals surface area contributed by atoms with E-state index in [9.17, 15) is 14.0 Å². The molecule has 0 fully saturated rings. The van der Waals surface area contributed by atoms with Gasteiger partial charge in [0.25, 0.3) is 5.56 Å². The Morgan fingerprint density at radius 2 is 1.72 bits per heavy atom. The van der Waals surface area contributed by atoms with Crippen molar-refractivity contribution < 1.29 is 4.39 Å². The molecule has 0 amide bonds. The van der Waals surface area contributed by atoms with Gasteiger partial charge in [-0.2, -0.15) is 10.1 Å². The van der Waals surface area contributed by atoms with E-state index in [0.29, 0.717) is 5.95 Å². The van der Waals surface area contributed by atoms with Gasteiger partial charge in [-0.25, -0.2) is 13.9 Å². The first-order chi connectivity index (χ1) is 13.7. The van der Waals surface area contributed by atoms with Crippen LogP contribution in [0.15, 0.2) is 33.9 Å². The molecule has 9 heteroatoms. The summed E-state index contributed by atoms with van der Waals surface area (Å²) in [4.78, 5) is 30.5. The number of aryl methyl sites for hydroxylation is 3. The molecule has 1 aromatic carbocycles. The second kappa shape index (κ2) is 6.54. The maximum atomic E-state index is 14.1. The van der Waals surface area contributed by atoms with Crippen LogP contribution in [0.25, 0.3) is 17.1 Å². The van der Waals surface area contributed by atoms with Crippen molar-refractivity contribution in [2.45, 2.75) is 27.3 Å². The lowest BCUT2D eigenvalue weighted by Gasteiger charge is -2.09. The molecule has 4 aromatic rings. The summed E-state index contributed by atoms with van der Waals surface area (Å²) in [6.45, 7) is 5.63. The number of nitrogens with zero attached hydrogens (tertiary/aromatic N) is 6. The molecule has 0 aliphatic carbocycles.